The van der Waals surface area contributed by atoms with E-state index in [-0.39, 0.29) is 0 Å². The number of para-hydroxylation sites is 2. The fraction of sp³-hybridized carbons (Fsp3) is 0. The van der Waals surface area contributed by atoms with E-state index in [0.717, 1.165) is 50.3 Å². The van der Waals surface area contributed by atoms with Gasteiger partial charge in [0, 0.05) is 44.3 Å². The van der Waals surface area contributed by atoms with Crippen molar-refractivity contribution in [1.82, 2.24) is 4.57 Å². The summed E-state index contributed by atoms with van der Waals surface area (Å²) in [7, 11) is 0. The maximum absolute atomic E-state index is 6.30. The van der Waals surface area contributed by atoms with Crippen molar-refractivity contribution in [1.29, 1.82) is 0 Å². The number of rotatable bonds is 6. The number of benzene rings is 11. The summed E-state index contributed by atoms with van der Waals surface area (Å²) in [6.45, 7) is 0. The number of hydrogen-bond donors (Lipinski definition) is 0. The summed E-state index contributed by atoms with van der Waals surface area (Å²) in [6.07, 6.45) is 0. The molecule has 11 aromatic carbocycles. The summed E-state index contributed by atoms with van der Waals surface area (Å²) >= 11 is 0. The van der Waals surface area contributed by atoms with Crippen LogP contribution in [-0.2, 0) is 0 Å². The lowest BCUT2D eigenvalue weighted by Gasteiger charge is -2.26. The van der Waals surface area contributed by atoms with Gasteiger partial charge >= 0.3 is 0 Å². The minimum atomic E-state index is 0.882. The topological polar surface area (TPSA) is 21.3 Å². The molecule has 0 spiro atoms. The van der Waals surface area contributed by atoms with Crippen LogP contribution in [0.4, 0.5) is 17.1 Å². The molecule has 0 aliphatic heterocycles. The van der Waals surface area contributed by atoms with Crippen LogP contribution in [0, 0.1) is 0 Å². The number of nitrogens with zero attached hydrogens (tertiary/aromatic N) is 2. The predicted octanol–water partition coefficient (Wildman–Crippen LogP) is 16.9. The molecule has 0 N–H and O–H groups in total. The molecule has 0 radical (unpaired) electrons. The molecule has 2 heterocycles. The minimum Gasteiger partial charge on any atom is -0.456 e. The van der Waals surface area contributed by atoms with Gasteiger partial charge in [-0.05, 0) is 133 Å². The van der Waals surface area contributed by atoms with Crippen LogP contribution in [0.3, 0.4) is 0 Å². The van der Waals surface area contributed by atoms with Crippen molar-refractivity contribution in [3.63, 3.8) is 0 Å². The summed E-state index contributed by atoms with van der Waals surface area (Å²) in [5.74, 6) is 0. The van der Waals surface area contributed by atoms with Gasteiger partial charge in [0.05, 0.1) is 11.0 Å². The third-order valence-electron chi connectivity index (χ3n) is 13.0. The molecule has 0 atom stereocenters. The number of hydrogen-bond acceptors (Lipinski definition) is 2. The highest BCUT2D eigenvalue weighted by Crippen LogP contribution is 2.43. The molecule has 294 valence electrons. The highest BCUT2D eigenvalue weighted by molar-refractivity contribution is 6.26. The van der Waals surface area contributed by atoms with Crippen molar-refractivity contribution in [3.8, 4) is 27.9 Å². The Morgan fingerprint density at radius 1 is 0.270 bits per heavy atom. The smallest absolute Gasteiger partial charge is 0.135 e. The van der Waals surface area contributed by atoms with Crippen molar-refractivity contribution in [2.24, 2.45) is 0 Å². The van der Waals surface area contributed by atoms with Crippen LogP contribution >= 0.6 is 0 Å². The van der Waals surface area contributed by atoms with E-state index < -0.39 is 0 Å². The molecule has 0 saturated heterocycles. The van der Waals surface area contributed by atoms with Gasteiger partial charge in [-0.3, -0.25) is 0 Å². The van der Waals surface area contributed by atoms with Gasteiger partial charge < -0.3 is 13.9 Å². The average Bonchev–Trinajstić information content (AvgIpc) is 3.90. The first-order valence-electron chi connectivity index (χ1n) is 21.6. The molecule has 0 bridgehead atoms. The van der Waals surface area contributed by atoms with Gasteiger partial charge in [0.25, 0.3) is 0 Å². The van der Waals surface area contributed by atoms with Gasteiger partial charge in [0.1, 0.15) is 11.2 Å². The summed E-state index contributed by atoms with van der Waals surface area (Å²) < 4.78 is 8.68. The summed E-state index contributed by atoms with van der Waals surface area (Å²) in [5, 5.41) is 12.2. The van der Waals surface area contributed by atoms with E-state index in [2.05, 4.69) is 228 Å². The van der Waals surface area contributed by atoms with Crippen LogP contribution in [0.25, 0.3) is 104 Å². The first kappa shape index (κ1) is 35.4. The van der Waals surface area contributed by atoms with Crippen LogP contribution < -0.4 is 4.90 Å². The second-order valence-electron chi connectivity index (χ2n) is 16.5. The third kappa shape index (κ3) is 5.67. The first-order valence-corrected chi connectivity index (χ1v) is 21.6. The lowest BCUT2D eigenvalue weighted by Crippen LogP contribution is -2.10. The highest BCUT2D eigenvalue weighted by Gasteiger charge is 2.19. The summed E-state index contributed by atoms with van der Waals surface area (Å²) in [4.78, 5) is 2.38. The number of anilines is 3. The van der Waals surface area contributed by atoms with Crippen LogP contribution in [0.5, 0.6) is 0 Å². The lowest BCUT2D eigenvalue weighted by molar-refractivity contribution is 0.669. The predicted molar refractivity (Wildman–Crippen MR) is 266 cm³/mol. The van der Waals surface area contributed by atoms with Gasteiger partial charge in [-0.2, -0.15) is 0 Å². The normalized spacial score (nSPS) is 11.8. The fourth-order valence-corrected chi connectivity index (χ4v) is 10.0. The summed E-state index contributed by atoms with van der Waals surface area (Å²) in [6, 6.07) is 83.6. The molecule has 13 aromatic rings. The van der Waals surface area contributed by atoms with Crippen LogP contribution in [0.2, 0.25) is 0 Å². The van der Waals surface area contributed by atoms with E-state index in [0.29, 0.717) is 0 Å². The second kappa shape index (κ2) is 14.1. The quantitative estimate of drug-likeness (QED) is 0.156. The van der Waals surface area contributed by atoms with Crippen molar-refractivity contribution in [2.75, 3.05) is 4.90 Å². The van der Waals surface area contributed by atoms with E-state index in [1.54, 1.807) is 0 Å². The molecule has 13 rings (SSSR count). The van der Waals surface area contributed by atoms with Crippen LogP contribution in [0.15, 0.2) is 235 Å². The van der Waals surface area contributed by atoms with Crippen molar-refractivity contribution >= 4 is 93.1 Å². The zero-order chi connectivity index (χ0) is 41.4. The largest absolute Gasteiger partial charge is 0.456 e. The molecule has 3 heteroatoms. The Kier molecular flexibility index (Phi) is 7.91. The fourth-order valence-electron chi connectivity index (χ4n) is 10.0. The first-order chi connectivity index (χ1) is 31.2. The zero-order valence-electron chi connectivity index (χ0n) is 34.2. The molecular formula is C60H38N2O. The SMILES string of the molecule is c1ccc(-c2ccc(-n3c4ccccc4c4cc(-c5ccc(N(c6ccc7oc8ccccc8c7c6)c6ccc7c8ccccc8c8ccccc8c7c6)cc5)ccc43)cc2)cc1. The monoisotopic (exact) mass is 802 g/mol. The molecule has 0 aliphatic rings. The third-order valence-corrected chi connectivity index (χ3v) is 13.0. The molecule has 0 aliphatic carbocycles. The van der Waals surface area contributed by atoms with Gasteiger partial charge in [-0.1, -0.05) is 152 Å². The summed E-state index contributed by atoms with van der Waals surface area (Å²) in [5.41, 5.74) is 13.3. The van der Waals surface area contributed by atoms with Gasteiger partial charge in [-0.15, -0.1) is 0 Å². The van der Waals surface area contributed by atoms with Crippen LogP contribution in [0.1, 0.15) is 0 Å². The van der Waals surface area contributed by atoms with Crippen LogP contribution in [-0.4, -0.2) is 4.57 Å². The minimum absolute atomic E-state index is 0.882. The van der Waals surface area contributed by atoms with E-state index >= 15 is 0 Å². The van der Waals surface area contributed by atoms with Gasteiger partial charge in [-0.25, -0.2) is 0 Å². The standard InChI is InChI=1S/C60H38N2O/c1-2-12-39(13-3-1)40-22-29-44(30-23-40)62-57-20-10-8-18-52(57)55-36-42(26-34-58(55)62)41-24-27-43(28-25-41)61(46-32-35-60-56(38-46)53-19-9-11-21-59(53)63-60)45-31-33-51-49-16-5-4-14-47(49)48-15-6-7-17-50(48)54(51)37-45/h1-38H. The highest BCUT2D eigenvalue weighted by atomic mass is 16.3. The van der Waals surface area contributed by atoms with Crippen molar-refractivity contribution in [2.45, 2.75) is 0 Å². The Morgan fingerprint density at radius 3 is 1.48 bits per heavy atom. The number of furan rings is 1. The maximum Gasteiger partial charge on any atom is 0.135 e. The Bertz CT molecular complexity index is 3860. The number of fused-ring (bicyclic) bond motifs is 12. The molecule has 63 heavy (non-hydrogen) atoms. The number of aromatic nitrogens is 1. The Labute approximate surface area is 363 Å². The van der Waals surface area contributed by atoms with Crippen molar-refractivity contribution < 1.29 is 4.42 Å². The molecule has 0 amide bonds. The Hall–Kier alpha value is -8.40. The Morgan fingerprint density at radius 2 is 0.746 bits per heavy atom. The van der Waals surface area contributed by atoms with E-state index in [1.807, 2.05) is 12.1 Å². The molecule has 0 saturated carbocycles. The van der Waals surface area contributed by atoms with Gasteiger partial charge in [0.2, 0.25) is 0 Å². The Balaban J connectivity index is 0.940. The lowest BCUT2D eigenvalue weighted by atomic mass is 9.94. The molecule has 0 unspecified atom stereocenters. The maximum atomic E-state index is 6.30. The van der Waals surface area contributed by atoms with E-state index in [9.17, 15) is 0 Å². The van der Waals surface area contributed by atoms with Crippen molar-refractivity contribution in [3.05, 3.63) is 231 Å². The second-order valence-corrected chi connectivity index (χ2v) is 16.5. The molecule has 3 nitrogen and oxygen atoms in total. The molecular weight excluding hydrogens is 765 g/mol. The molecule has 2 aromatic heterocycles. The zero-order valence-corrected chi connectivity index (χ0v) is 34.2. The molecule has 0 fully saturated rings. The van der Waals surface area contributed by atoms with E-state index in [1.165, 1.54) is 70.8 Å². The van der Waals surface area contributed by atoms with Gasteiger partial charge in [0.15, 0.2) is 0 Å². The average molecular weight is 803 g/mol. The van der Waals surface area contributed by atoms with E-state index in [4.69, 9.17) is 4.42 Å².